The van der Waals surface area contributed by atoms with Gasteiger partial charge in [0.25, 0.3) is 0 Å². The largest absolute Gasteiger partial charge is 0.480 e. The van der Waals surface area contributed by atoms with E-state index in [2.05, 4.69) is 33.5 Å². The van der Waals surface area contributed by atoms with Gasteiger partial charge in [-0.3, -0.25) is 24.0 Å². The van der Waals surface area contributed by atoms with E-state index in [-0.39, 0.29) is 31.7 Å². The molecule has 0 saturated heterocycles. The summed E-state index contributed by atoms with van der Waals surface area (Å²) in [5, 5.41) is 51.6. The summed E-state index contributed by atoms with van der Waals surface area (Å²) >= 11 is 0. The fourth-order valence-corrected chi connectivity index (χ4v) is 6.12. The van der Waals surface area contributed by atoms with E-state index in [1.807, 2.05) is 0 Å². The van der Waals surface area contributed by atoms with Crippen LogP contribution in [0.1, 0.15) is 149 Å². The van der Waals surface area contributed by atoms with Crippen molar-refractivity contribution >= 4 is 35.5 Å². The number of aliphatic carboxylic acids is 1. The van der Waals surface area contributed by atoms with E-state index >= 15 is 0 Å². The second-order valence-electron chi connectivity index (χ2n) is 14.8. The maximum Gasteiger partial charge on any atom is 0.328 e. The highest BCUT2D eigenvalue weighted by molar-refractivity contribution is 5.96. The number of hydrogen-bond donors (Lipinski definition) is 11. The van der Waals surface area contributed by atoms with Crippen molar-refractivity contribution in [3.05, 3.63) is 0 Å². The maximum absolute atomic E-state index is 13.5. The van der Waals surface area contributed by atoms with E-state index in [1.165, 1.54) is 71.6 Å². The van der Waals surface area contributed by atoms with Crippen LogP contribution in [0.3, 0.4) is 0 Å². The van der Waals surface area contributed by atoms with Crippen LogP contribution in [0, 0.1) is 0 Å². The second-order valence-corrected chi connectivity index (χ2v) is 14.8. The molecule has 7 atom stereocenters. The fraction of sp³-hybridized carbons (Fsp3) is 0.846. The molecule has 0 heterocycles. The molecule has 326 valence electrons. The van der Waals surface area contributed by atoms with Crippen molar-refractivity contribution in [1.29, 1.82) is 0 Å². The molecule has 17 nitrogen and oxygen atoms in total. The molecular weight excluding hydrogens is 726 g/mol. The molecular formula is C39H75N7O10. The summed E-state index contributed by atoms with van der Waals surface area (Å²) in [6.45, 7) is 4.43. The highest BCUT2D eigenvalue weighted by Gasteiger charge is 2.35. The summed E-state index contributed by atoms with van der Waals surface area (Å²) in [4.78, 5) is 77.3. The molecule has 0 aliphatic carbocycles. The lowest BCUT2D eigenvalue weighted by Crippen LogP contribution is -2.62. The van der Waals surface area contributed by atoms with Crippen molar-refractivity contribution in [3.8, 4) is 0 Å². The number of hydrogen-bond acceptors (Lipinski definition) is 11. The Bertz CT molecular complexity index is 1130. The van der Waals surface area contributed by atoms with Crippen molar-refractivity contribution in [1.82, 2.24) is 26.6 Å². The lowest BCUT2D eigenvalue weighted by atomic mass is 10.0. The van der Waals surface area contributed by atoms with Crippen LogP contribution in [-0.4, -0.2) is 118 Å². The predicted molar refractivity (Wildman–Crippen MR) is 214 cm³/mol. The first-order chi connectivity index (χ1) is 26.7. The minimum absolute atomic E-state index is 0.0238. The van der Waals surface area contributed by atoms with Crippen LogP contribution in [-0.2, 0) is 28.8 Å². The summed E-state index contributed by atoms with van der Waals surface area (Å²) in [6.07, 6.45) is 14.6. The van der Waals surface area contributed by atoms with Crippen LogP contribution in [0.15, 0.2) is 0 Å². The van der Waals surface area contributed by atoms with Crippen LogP contribution in [0.5, 0.6) is 0 Å². The number of unbranched alkanes of at least 4 members (excludes halogenated alkanes) is 14. The molecule has 0 aromatic carbocycles. The van der Waals surface area contributed by atoms with E-state index in [4.69, 9.17) is 11.5 Å². The van der Waals surface area contributed by atoms with Gasteiger partial charge in [-0.25, -0.2) is 4.79 Å². The van der Waals surface area contributed by atoms with Gasteiger partial charge in [-0.05, 0) is 71.9 Å². The zero-order valence-corrected chi connectivity index (χ0v) is 34.2. The van der Waals surface area contributed by atoms with Gasteiger partial charge in [-0.1, -0.05) is 84.0 Å². The standard InChI is InChI=1S/C39H75N7O10/c1-4-5-6-7-8-9-10-11-12-13-14-15-16-23-32(50)42-29(21-17-19-24-40)36(52)45-34(28(3)49)38(54)46-33(27(2)48)37(53)43-30(22-18-20-25-41)35(51)44-31(26-47)39(55)56/h27-31,33-34,47-49H,4-26,40-41H2,1-3H3,(H,42,50)(H,43,53)(H,44,51)(H,45,52)(H,46,54)(H,55,56)/t27-,28+,29-,30-,31-,33+,34+/m1/s1. The van der Waals surface area contributed by atoms with Gasteiger partial charge in [0.2, 0.25) is 29.5 Å². The van der Waals surface area contributed by atoms with Gasteiger partial charge in [0.1, 0.15) is 30.2 Å². The Balaban J connectivity index is 5.38. The summed E-state index contributed by atoms with van der Waals surface area (Å²) < 4.78 is 0. The molecule has 0 unspecified atom stereocenters. The third kappa shape index (κ3) is 24.3. The Morgan fingerprint density at radius 2 is 0.875 bits per heavy atom. The van der Waals surface area contributed by atoms with Gasteiger partial charge in [-0.15, -0.1) is 0 Å². The molecule has 0 radical (unpaired) electrons. The molecule has 56 heavy (non-hydrogen) atoms. The number of carboxylic acids is 1. The van der Waals surface area contributed by atoms with Crippen molar-refractivity contribution < 1.29 is 49.2 Å². The molecule has 5 amide bonds. The van der Waals surface area contributed by atoms with Crippen LogP contribution >= 0.6 is 0 Å². The molecule has 0 aromatic heterocycles. The monoisotopic (exact) mass is 802 g/mol. The molecule has 0 bridgehead atoms. The van der Waals surface area contributed by atoms with Gasteiger partial charge < -0.3 is 58.5 Å². The van der Waals surface area contributed by atoms with Gasteiger partial charge in [0.15, 0.2) is 0 Å². The van der Waals surface area contributed by atoms with Crippen molar-refractivity contribution in [2.45, 2.75) is 192 Å². The topological polar surface area (TPSA) is 296 Å². The van der Waals surface area contributed by atoms with Crippen molar-refractivity contribution in [2.75, 3.05) is 19.7 Å². The Morgan fingerprint density at radius 1 is 0.500 bits per heavy atom. The van der Waals surface area contributed by atoms with Gasteiger partial charge in [-0.2, -0.15) is 0 Å². The molecule has 0 saturated carbocycles. The van der Waals surface area contributed by atoms with Crippen LogP contribution in [0.2, 0.25) is 0 Å². The Morgan fingerprint density at radius 3 is 1.29 bits per heavy atom. The zero-order chi connectivity index (χ0) is 42.3. The fourth-order valence-electron chi connectivity index (χ4n) is 6.12. The number of amides is 5. The first-order valence-electron chi connectivity index (χ1n) is 20.8. The van der Waals surface area contributed by atoms with Crippen molar-refractivity contribution in [2.24, 2.45) is 11.5 Å². The Labute approximate surface area is 333 Å². The number of carbonyl (C=O) groups is 6. The summed E-state index contributed by atoms with van der Waals surface area (Å²) in [6, 6.07) is -7.25. The average molecular weight is 802 g/mol. The number of carbonyl (C=O) groups excluding carboxylic acids is 5. The summed E-state index contributed by atoms with van der Waals surface area (Å²) in [5.74, 6) is -5.49. The van der Waals surface area contributed by atoms with E-state index in [9.17, 15) is 49.2 Å². The van der Waals surface area contributed by atoms with Crippen LogP contribution in [0.25, 0.3) is 0 Å². The van der Waals surface area contributed by atoms with Gasteiger partial charge in [0, 0.05) is 6.42 Å². The third-order valence-corrected chi connectivity index (χ3v) is 9.61. The highest BCUT2D eigenvalue weighted by Crippen LogP contribution is 2.13. The number of carboxylic acid groups (broad SMARTS) is 1. The second kappa shape index (κ2) is 32.7. The SMILES string of the molecule is CCCCCCCCCCCCCCCC(=O)N[C@H](CCCCN)C(=O)N[C@H](C(=O)N[C@H](C(=O)N[C@H](CCCCN)C(=O)N[C@H](CO)C(=O)O)[C@@H](C)O)[C@H](C)O. The molecule has 0 rings (SSSR count). The number of rotatable bonds is 35. The van der Waals surface area contributed by atoms with E-state index in [0.29, 0.717) is 38.6 Å². The number of nitrogens with one attached hydrogen (secondary N) is 5. The van der Waals surface area contributed by atoms with E-state index in [1.54, 1.807) is 0 Å². The predicted octanol–water partition coefficient (Wildman–Crippen LogP) is 0.988. The Hall–Kier alpha value is -3.38. The van der Waals surface area contributed by atoms with Crippen LogP contribution in [0.4, 0.5) is 0 Å². The smallest absolute Gasteiger partial charge is 0.328 e. The minimum atomic E-state index is -1.67. The summed E-state index contributed by atoms with van der Waals surface area (Å²) in [5.41, 5.74) is 11.2. The van der Waals surface area contributed by atoms with Gasteiger partial charge >= 0.3 is 5.97 Å². The maximum atomic E-state index is 13.5. The zero-order valence-electron chi connectivity index (χ0n) is 34.2. The number of nitrogens with two attached hydrogens (primary N) is 2. The van der Waals surface area contributed by atoms with Crippen molar-refractivity contribution in [3.63, 3.8) is 0 Å². The lowest BCUT2D eigenvalue weighted by molar-refractivity contribution is -0.143. The molecule has 0 spiro atoms. The number of aliphatic hydroxyl groups is 3. The number of aliphatic hydroxyl groups excluding tert-OH is 3. The average Bonchev–Trinajstić information content (AvgIpc) is 3.15. The quantitative estimate of drug-likeness (QED) is 0.0400. The lowest BCUT2D eigenvalue weighted by Gasteiger charge is -2.29. The first kappa shape index (κ1) is 52.6. The molecule has 0 fully saturated rings. The molecule has 0 aliphatic heterocycles. The first-order valence-corrected chi connectivity index (χ1v) is 20.8. The van der Waals surface area contributed by atoms with Crippen LogP contribution < -0.4 is 38.1 Å². The molecule has 17 heteroatoms. The third-order valence-electron chi connectivity index (χ3n) is 9.61. The summed E-state index contributed by atoms with van der Waals surface area (Å²) in [7, 11) is 0. The molecule has 0 aliphatic rings. The normalized spacial score (nSPS) is 15.0. The van der Waals surface area contributed by atoms with E-state index < -0.39 is 78.6 Å². The highest BCUT2D eigenvalue weighted by atomic mass is 16.4. The van der Waals surface area contributed by atoms with Gasteiger partial charge in [0.05, 0.1) is 18.8 Å². The Kier molecular flexibility index (Phi) is 30.7. The molecule has 0 aromatic rings. The molecule has 13 N–H and O–H groups in total. The minimum Gasteiger partial charge on any atom is -0.480 e. The van der Waals surface area contributed by atoms with E-state index in [0.717, 1.165) is 19.3 Å².